The van der Waals surface area contributed by atoms with Gasteiger partial charge in [0.1, 0.15) is 17.4 Å². The number of ether oxygens (including phenoxy) is 2. The third kappa shape index (κ3) is 7.79. The minimum absolute atomic E-state index is 0.0191. The van der Waals surface area contributed by atoms with Gasteiger partial charge in [0.25, 0.3) is 0 Å². The minimum atomic E-state index is -1.03. The fourth-order valence-corrected chi connectivity index (χ4v) is 10.3. The summed E-state index contributed by atoms with van der Waals surface area (Å²) in [5, 5.41) is 64.1. The Labute approximate surface area is 344 Å². The van der Waals surface area contributed by atoms with E-state index in [0.717, 1.165) is 57.5 Å². The maximum absolute atomic E-state index is 15.7. The summed E-state index contributed by atoms with van der Waals surface area (Å²) in [5.74, 6) is -0.551. The van der Waals surface area contributed by atoms with Gasteiger partial charge in [-0.3, -0.25) is 4.79 Å². The van der Waals surface area contributed by atoms with Gasteiger partial charge >= 0.3 is 0 Å². The Balaban J connectivity index is 1.29. The smallest absolute Gasteiger partial charge is 0.200 e. The number of H-pyrrole nitrogens is 1. The number of aliphatic hydroxyl groups excluding tert-OH is 1. The first-order chi connectivity index (χ1) is 28.6. The normalized spacial score (nSPS) is 22.5. The number of aromatic hydroxyl groups is 4. The lowest BCUT2D eigenvalue weighted by molar-refractivity contribution is -0.134. The molecule has 0 radical (unpaired) electrons. The number of anilines is 1. The molecular weight excluding hydrogens is 747 g/mol. The number of dihydropyridines is 1. The molecule has 1 aliphatic carbocycles. The molecule has 2 aliphatic heterocycles. The van der Waals surface area contributed by atoms with Gasteiger partial charge < -0.3 is 50.6 Å². The van der Waals surface area contributed by atoms with Gasteiger partial charge in [-0.25, -0.2) is 0 Å². The standard InChI is InChI=1S/C48H53N3O8/c1-58-43-21-28(7-15-39(43)53)8-16-40(54)46-41(55)23-29(31-24-42(56)47(57)44(25-31)59-2)9-12-37-36-13-11-35(52)22-30(36)10-14-38(37)51-45-27-33(17-20-50-45)48(46)18-3-5-32(48)26-34-6-4-19-49-34/h4,6-7,10-11,13-15,17,19,21-22,24-25,27,29,32,40,46,49-54,56-57H,3,5,8-9,12,16,18,20,23,26H2,1-2H3/t29-,32-,40-,46-,48-/m1/s1. The van der Waals surface area contributed by atoms with Gasteiger partial charge in [0.2, 0.25) is 5.75 Å². The summed E-state index contributed by atoms with van der Waals surface area (Å²) in [4.78, 5) is 19.1. The average molecular weight is 800 g/mol. The van der Waals surface area contributed by atoms with Crippen LogP contribution in [-0.2, 0) is 24.1 Å². The van der Waals surface area contributed by atoms with E-state index in [4.69, 9.17) is 9.47 Å². The van der Waals surface area contributed by atoms with Crippen LogP contribution in [0.3, 0.4) is 0 Å². The Morgan fingerprint density at radius 1 is 0.915 bits per heavy atom. The lowest BCUT2D eigenvalue weighted by atomic mass is 9.58. The summed E-state index contributed by atoms with van der Waals surface area (Å²) >= 11 is 0. The number of aromatic nitrogens is 1. The van der Waals surface area contributed by atoms with Crippen LogP contribution in [0.15, 0.2) is 103 Å². The van der Waals surface area contributed by atoms with Crippen molar-refractivity contribution in [2.24, 2.45) is 17.3 Å². The van der Waals surface area contributed by atoms with Gasteiger partial charge in [-0.15, -0.1) is 0 Å². The molecule has 59 heavy (non-hydrogen) atoms. The molecule has 0 saturated heterocycles. The predicted octanol–water partition coefficient (Wildman–Crippen LogP) is 8.12. The molecule has 11 nitrogen and oxygen atoms in total. The van der Waals surface area contributed by atoms with Gasteiger partial charge in [0.05, 0.1) is 26.2 Å². The SMILES string of the molecule is COc1cc(CC[C@@H](O)[C@@H]2C(=O)C[C@H](c3cc(O)c(O)c(OC)c3)CCc3c(ccc4cc(O)ccc34)NC3=CC(=CCN3)[C@]23CCC[C@@H]3Cc2ccc[nH]2)ccc1O. The molecule has 2 bridgehead atoms. The number of hydrogen-bond acceptors (Lipinski definition) is 10. The van der Waals surface area contributed by atoms with Crippen LogP contribution >= 0.6 is 0 Å². The Morgan fingerprint density at radius 3 is 2.56 bits per heavy atom. The molecular formula is C48H53N3O8. The average Bonchev–Trinajstić information content (AvgIpc) is 3.91. The lowest BCUT2D eigenvalue weighted by Crippen LogP contribution is -2.48. The maximum atomic E-state index is 15.7. The number of phenols is 4. The van der Waals surface area contributed by atoms with Crippen molar-refractivity contribution in [2.45, 2.75) is 69.8 Å². The number of carbonyl (C=O) groups excluding carboxylic acids is 1. The van der Waals surface area contributed by atoms with E-state index in [1.807, 2.05) is 36.5 Å². The van der Waals surface area contributed by atoms with E-state index in [-0.39, 0.29) is 46.9 Å². The number of Topliss-reactive ketones (excluding diaryl/α,β-unsaturated/α-hetero) is 1. The van der Waals surface area contributed by atoms with E-state index in [1.165, 1.54) is 20.3 Å². The zero-order chi connectivity index (χ0) is 41.3. The highest BCUT2D eigenvalue weighted by molar-refractivity contribution is 5.91. The first-order valence-electron chi connectivity index (χ1n) is 20.5. The molecule has 0 amide bonds. The quantitative estimate of drug-likeness (QED) is 0.0680. The molecule has 1 spiro atoms. The van der Waals surface area contributed by atoms with Crippen LogP contribution in [0.25, 0.3) is 10.8 Å². The van der Waals surface area contributed by atoms with Gasteiger partial charge in [-0.2, -0.15) is 0 Å². The largest absolute Gasteiger partial charge is 0.508 e. The lowest BCUT2D eigenvalue weighted by Gasteiger charge is -2.46. The molecule has 3 heterocycles. The number of hydrogen-bond donors (Lipinski definition) is 8. The molecule has 8 N–H and O–H groups in total. The van der Waals surface area contributed by atoms with Crippen molar-refractivity contribution in [3.05, 3.63) is 125 Å². The summed E-state index contributed by atoms with van der Waals surface area (Å²) < 4.78 is 10.9. The number of allylic oxidation sites excluding steroid dienone is 2. The predicted molar refractivity (Wildman–Crippen MR) is 227 cm³/mol. The second-order valence-corrected chi connectivity index (χ2v) is 16.3. The zero-order valence-electron chi connectivity index (χ0n) is 33.5. The fraction of sp³-hybridized carbons (Fsp3) is 0.354. The second kappa shape index (κ2) is 16.7. The highest BCUT2D eigenvalue weighted by Gasteiger charge is 2.55. The second-order valence-electron chi connectivity index (χ2n) is 16.3. The molecule has 11 heteroatoms. The molecule has 4 aromatic carbocycles. The molecule has 308 valence electrons. The van der Waals surface area contributed by atoms with E-state index in [9.17, 15) is 25.5 Å². The van der Waals surface area contributed by atoms with Crippen LogP contribution in [0, 0.1) is 17.3 Å². The first-order valence-corrected chi connectivity index (χ1v) is 20.5. The Morgan fingerprint density at radius 2 is 1.76 bits per heavy atom. The van der Waals surface area contributed by atoms with Crippen LogP contribution < -0.4 is 20.1 Å². The summed E-state index contributed by atoms with van der Waals surface area (Å²) in [6.07, 6.45) is 10.2. The zero-order valence-corrected chi connectivity index (χ0v) is 33.5. The Bertz CT molecular complexity index is 2410. The van der Waals surface area contributed by atoms with Crippen LogP contribution in [0.2, 0.25) is 0 Å². The number of aliphatic hydroxyl groups is 1. The van der Waals surface area contributed by atoms with Gasteiger partial charge in [0, 0.05) is 36.0 Å². The van der Waals surface area contributed by atoms with Crippen molar-refractivity contribution >= 4 is 22.2 Å². The molecule has 5 atom stereocenters. The third-order valence-electron chi connectivity index (χ3n) is 13.1. The molecule has 1 fully saturated rings. The number of ketones is 1. The van der Waals surface area contributed by atoms with Crippen molar-refractivity contribution in [3.8, 4) is 34.5 Å². The molecule has 3 aliphatic rings. The summed E-state index contributed by atoms with van der Waals surface area (Å²) in [6.45, 7) is 0.529. The van der Waals surface area contributed by atoms with Gasteiger partial charge in [0.15, 0.2) is 23.0 Å². The topological polar surface area (TPSA) is 177 Å². The van der Waals surface area contributed by atoms with Crippen molar-refractivity contribution < 1.29 is 39.8 Å². The van der Waals surface area contributed by atoms with Crippen molar-refractivity contribution in [1.82, 2.24) is 10.3 Å². The van der Waals surface area contributed by atoms with E-state index in [1.54, 1.807) is 30.3 Å². The first kappa shape index (κ1) is 39.7. The molecule has 1 saturated carbocycles. The van der Waals surface area contributed by atoms with Crippen LogP contribution in [-0.4, -0.2) is 63.2 Å². The van der Waals surface area contributed by atoms with E-state index < -0.39 is 23.4 Å². The number of methoxy groups -OCH3 is 2. The molecule has 0 unspecified atom stereocenters. The van der Waals surface area contributed by atoms with Crippen molar-refractivity contribution in [2.75, 3.05) is 26.1 Å². The number of aryl methyl sites for hydroxylation is 2. The van der Waals surface area contributed by atoms with Gasteiger partial charge in [-0.1, -0.05) is 30.7 Å². The number of fused-ring (bicyclic) bond motifs is 5. The minimum Gasteiger partial charge on any atom is -0.508 e. The van der Waals surface area contributed by atoms with Crippen LogP contribution in [0.4, 0.5) is 5.69 Å². The number of phenolic OH excluding ortho intramolecular Hbond substituents is 4. The highest BCUT2D eigenvalue weighted by Crippen LogP contribution is 2.58. The van der Waals surface area contributed by atoms with E-state index in [2.05, 4.69) is 33.8 Å². The number of carbonyl (C=O) groups is 1. The summed E-state index contributed by atoms with van der Waals surface area (Å²) in [5.41, 5.74) is 4.76. The Kier molecular flexibility index (Phi) is 11.2. The van der Waals surface area contributed by atoms with Crippen molar-refractivity contribution in [1.29, 1.82) is 0 Å². The summed E-state index contributed by atoms with van der Waals surface area (Å²) in [7, 11) is 2.93. The maximum Gasteiger partial charge on any atom is 0.200 e. The molecule has 5 aromatic rings. The number of aromatic amines is 1. The molecule has 1 aromatic heterocycles. The number of rotatable bonds is 9. The monoisotopic (exact) mass is 799 g/mol. The van der Waals surface area contributed by atoms with E-state index >= 15 is 4.79 Å². The fourth-order valence-electron chi connectivity index (χ4n) is 10.3. The van der Waals surface area contributed by atoms with Crippen LogP contribution in [0.5, 0.6) is 34.5 Å². The molecule has 8 rings (SSSR count). The number of nitrogens with one attached hydrogen (secondary N) is 3. The Hall–Kier alpha value is -6.07. The van der Waals surface area contributed by atoms with E-state index in [0.29, 0.717) is 56.4 Å². The highest BCUT2D eigenvalue weighted by atomic mass is 16.5. The number of benzene rings is 4. The van der Waals surface area contributed by atoms with Gasteiger partial charge in [-0.05, 0) is 150 Å². The third-order valence-corrected chi connectivity index (χ3v) is 13.1. The van der Waals surface area contributed by atoms with Crippen LogP contribution in [0.1, 0.15) is 66.8 Å². The van der Waals surface area contributed by atoms with Crippen molar-refractivity contribution in [3.63, 3.8) is 0 Å². The summed E-state index contributed by atoms with van der Waals surface area (Å²) in [6, 6.07) is 21.8.